The standard InChI is InChI=1S/C18H24N4O2/c1-2-3-16-12-17(23)21-18(20-16)19-15-6-4-14(5-7-15)13-22-8-10-24-11-9-22/h4-7,12H,2-3,8-11,13H2,1H3,(H2,19,20,21,23). The van der Waals surface area contributed by atoms with E-state index in [1.54, 1.807) is 6.07 Å². The zero-order valence-corrected chi connectivity index (χ0v) is 14.0. The summed E-state index contributed by atoms with van der Waals surface area (Å²) in [6, 6.07) is 9.79. The fourth-order valence-corrected chi connectivity index (χ4v) is 2.80. The highest BCUT2D eigenvalue weighted by Gasteiger charge is 2.10. The highest BCUT2D eigenvalue weighted by Crippen LogP contribution is 2.15. The Kier molecular flexibility index (Phi) is 5.61. The molecule has 0 spiro atoms. The van der Waals surface area contributed by atoms with Gasteiger partial charge in [-0.1, -0.05) is 25.5 Å². The first kappa shape index (κ1) is 16.7. The highest BCUT2D eigenvalue weighted by atomic mass is 16.5. The zero-order chi connectivity index (χ0) is 16.8. The van der Waals surface area contributed by atoms with Gasteiger partial charge in [-0.3, -0.25) is 14.7 Å². The van der Waals surface area contributed by atoms with Crippen molar-refractivity contribution in [1.29, 1.82) is 0 Å². The third kappa shape index (κ3) is 4.66. The first-order valence-electron chi connectivity index (χ1n) is 8.49. The lowest BCUT2D eigenvalue weighted by Gasteiger charge is -2.26. The van der Waals surface area contributed by atoms with Crippen LogP contribution < -0.4 is 10.9 Å². The van der Waals surface area contributed by atoms with E-state index in [9.17, 15) is 4.79 Å². The topological polar surface area (TPSA) is 70.2 Å². The van der Waals surface area contributed by atoms with E-state index in [-0.39, 0.29) is 5.56 Å². The van der Waals surface area contributed by atoms with Crippen molar-refractivity contribution in [2.24, 2.45) is 0 Å². The summed E-state index contributed by atoms with van der Waals surface area (Å²) in [5.74, 6) is 0.492. The number of nitrogens with zero attached hydrogens (tertiary/aromatic N) is 2. The molecule has 1 aromatic heterocycles. The Hall–Kier alpha value is -2.18. The molecular formula is C18H24N4O2. The molecule has 0 radical (unpaired) electrons. The number of hydrogen-bond acceptors (Lipinski definition) is 5. The number of aryl methyl sites for hydroxylation is 1. The molecule has 2 aromatic rings. The minimum atomic E-state index is -0.125. The molecule has 0 aliphatic carbocycles. The van der Waals surface area contributed by atoms with Crippen molar-refractivity contribution < 1.29 is 4.74 Å². The van der Waals surface area contributed by atoms with E-state index >= 15 is 0 Å². The van der Waals surface area contributed by atoms with E-state index < -0.39 is 0 Å². The molecule has 1 aliphatic rings. The van der Waals surface area contributed by atoms with Crippen LogP contribution in [0.4, 0.5) is 11.6 Å². The third-order valence-corrected chi connectivity index (χ3v) is 4.03. The first-order chi connectivity index (χ1) is 11.7. The summed E-state index contributed by atoms with van der Waals surface area (Å²) in [7, 11) is 0. The fourth-order valence-electron chi connectivity index (χ4n) is 2.80. The zero-order valence-electron chi connectivity index (χ0n) is 14.0. The number of anilines is 2. The maximum Gasteiger partial charge on any atom is 0.252 e. The molecule has 1 fully saturated rings. The van der Waals surface area contributed by atoms with E-state index in [0.29, 0.717) is 5.95 Å². The van der Waals surface area contributed by atoms with Crippen molar-refractivity contribution in [3.05, 3.63) is 51.9 Å². The molecule has 0 atom stereocenters. The minimum Gasteiger partial charge on any atom is -0.379 e. The smallest absolute Gasteiger partial charge is 0.252 e. The fraction of sp³-hybridized carbons (Fsp3) is 0.444. The van der Waals surface area contributed by atoms with Gasteiger partial charge in [-0.2, -0.15) is 0 Å². The Balaban J connectivity index is 1.64. The van der Waals surface area contributed by atoms with E-state index in [4.69, 9.17) is 4.74 Å². The van der Waals surface area contributed by atoms with Crippen LogP contribution in [0.5, 0.6) is 0 Å². The summed E-state index contributed by atoms with van der Waals surface area (Å²) in [4.78, 5) is 21.3. The van der Waals surface area contributed by atoms with E-state index in [1.807, 2.05) is 12.1 Å². The van der Waals surface area contributed by atoms with Gasteiger partial charge in [0.25, 0.3) is 5.56 Å². The second kappa shape index (κ2) is 8.08. The van der Waals surface area contributed by atoms with Crippen molar-refractivity contribution in [1.82, 2.24) is 14.9 Å². The Morgan fingerprint density at radius 1 is 1.25 bits per heavy atom. The average molecular weight is 328 g/mol. The van der Waals surface area contributed by atoms with Crippen LogP contribution in [0.25, 0.3) is 0 Å². The Labute approximate surface area is 141 Å². The number of nitrogens with one attached hydrogen (secondary N) is 2. The van der Waals surface area contributed by atoms with Crippen molar-refractivity contribution in [2.75, 3.05) is 31.6 Å². The summed E-state index contributed by atoms with van der Waals surface area (Å²) in [6.45, 7) is 6.60. The van der Waals surface area contributed by atoms with Gasteiger partial charge in [-0.05, 0) is 24.1 Å². The quantitative estimate of drug-likeness (QED) is 0.851. The summed E-state index contributed by atoms with van der Waals surface area (Å²) >= 11 is 0. The van der Waals surface area contributed by atoms with Crippen LogP contribution in [0.3, 0.4) is 0 Å². The molecule has 24 heavy (non-hydrogen) atoms. The number of aromatic amines is 1. The monoisotopic (exact) mass is 328 g/mol. The minimum absolute atomic E-state index is 0.125. The molecule has 2 N–H and O–H groups in total. The summed E-state index contributed by atoms with van der Waals surface area (Å²) in [6.07, 6.45) is 1.77. The van der Waals surface area contributed by atoms with Gasteiger partial charge in [0.05, 0.1) is 13.2 Å². The molecule has 0 saturated carbocycles. The molecule has 0 bridgehead atoms. The van der Waals surface area contributed by atoms with E-state index in [2.05, 4.69) is 39.2 Å². The summed E-state index contributed by atoms with van der Waals surface area (Å²) in [5, 5.41) is 3.17. The maximum absolute atomic E-state index is 11.7. The summed E-state index contributed by atoms with van der Waals surface area (Å²) < 4.78 is 5.37. The van der Waals surface area contributed by atoms with Crippen LogP contribution in [0, 0.1) is 0 Å². The predicted molar refractivity (Wildman–Crippen MR) is 94.7 cm³/mol. The van der Waals surface area contributed by atoms with Crippen LogP contribution in [0.2, 0.25) is 0 Å². The van der Waals surface area contributed by atoms with Gasteiger partial charge in [0.1, 0.15) is 0 Å². The van der Waals surface area contributed by atoms with Crippen molar-refractivity contribution in [2.45, 2.75) is 26.3 Å². The Morgan fingerprint density at radius 2 is 2.00 bits per heavy atom. The Bertz CT molecular complexity index is 706. The van der Waals surface area contributed by atoms with Gasteiger partial charge >= 0.3 is 0 Å². The van der Waals surface area contributed by atoms with Crippen LogP contribution in [-0.2, 0) is 17.7 Å². The maximum atomic E-state index is 11.7. The van der Waals surface area contributed by atoms with E-state index in [1.165, 1.54) is 5.56 Å². The average Bonchev–Trinajstić information content (AvgIpc) is 2.57. The first-order valence-corrected chi connectivity index (χ1v) is 8.49. The molecule has 1 saturated heterocycles. The normalized spacial score (nSPS) is 15.4. The highest BCUT2D eigenvalue weighted by molar-refractivity contribution is 5.53. The van der Waals surface area contributed by atoms with Crippen molar-refractivity contribution in [3.63, 3.8) is 0 Å². The predicted octanol–water partition coefficient (Wildman–Crippen LogP) is 2.30. The molecule has 1 aromatic carbocycles. The lowest BCUT2D eigenvalue weighted by Crippen LogP contribution is -2.35. The number of H-pyrrole nitrogens is 1. The molecule has 3 rings (SSSR count). The van der Waals surface area contributed by atoms with Gasteiger partial charge in [0.2, 0.25) is 5.95 Å². The van der Waals surface area contributed by atoms with Crippen molar-refractivity contribution in [3.8, 4) is 0 Å². The number of ether oxygens (including phenoxy) is 1. The van der Waals surface area contributed by atoms with Crippen LogP contribution in [0.1, 0.15) is 24.6 Å². The lowest BCUT2D eigenvalue weighted by molar-refractivity contribution is 0.0342. The number of hydrogen-bond donors (Lipinski definition) is 2. The summed E-state index contributed by atoms with van der Waals surface area (Å²) in [5.41, 5.74) is 2.87. The van der Waals surface area contributed by atoms with Crippen molar-refractivity contribution >= 4 is 11.6 Å². The Morgan fingerprint density at radius 3 is 2.71 bits per heavy atom. The lowest BCUT2D eigenvalue weighted by atomic mass is 10.2. The number of aromatic nitrogens is 2. The van der Waals surface area contributed by atoms with Crippen LogP contribution >= 0.6 is 0 Å². The largest absolute Gasteiger partial charge is 0.379 e. The van der Waals surface area contributed by atoms with Gasteiger partial charge < -0.3 is 10.1 Å². The van der Waals surface area contributed by atoms with Crippen LogP contribution in [0.15, 0.2) is 35.1 Å². The van der Waals surface area contributed by atoms with Gasteiger partial charge in [0, 0.05) is 37.1 Å². The molecule has 1 aliphatic heterocycles. The van der Waals surface area contributed by atoms with E-state index in [0.717, 1.165) is 57.1 Å². The van der Waals surface area contributed by atoms with Crippen LogP contribution in [-0.4, -0.2) is 41.2 Å². The van der Waals surface area contributed by atoms with Gasteiger partial charge in [-0.25, -0.2) is 4.98 Å². The molecule has 0 unspecified atom stereocenters. The molecule has 0 amide bonds. The molecule has 2 heterocycles. The third-order valence-electron chi connectivity index (χ3n) is 4.03. The number of rotatable bonds is 6. The second-order valence-corrected chi connectivity index (χ2v) is 6.05. The molecule has 6 nitrogen and oxygen atoms in total. The van der Waals surface area contributed by atoms with Gasteiger partial charge in [0.15, 0.2) is 0 Å². The molecular weight excluding hydrogens is 304 g/mol. The second-order valence-electron chi connectivity index (χ2n) is 6.05. The number of morpholine rings is 1. The molecule has 6 heteroatoms. The van der Waals surface area contributed by atoms with Gasteiger partial charge in [-0.15, -0.1) is 0 Å². The number of benzene rings is 1. The SMILES string of the molecule is CCCc1cc(=O)[nH]c(Nc2ccc(CN3CCOCC3)cc2)n1. The molecule has 128 valence electrons.